The van der Waals surface area contributed by atoms with Crippen LogP contribution in [0.25, 0.3) is 10.8 Å². The molecule has 0 radical (unpaired) electrons. The predicted octanol–water partition coefficient (Wildman–Crippen LogP) is 2.53. The zero-order valence-corrected chi connectivity index (χ0v) is 6.99. The molecule has 62 valence electrons. The second-order valence-electron chi connectivity index (χ2n) is 2.89. The van der Waals surface area contributed by atoms with Crippen LogP contribution in [0.5, 0.6) is 5.75 Å². The molecule has 0 aliphatic rings. The molecule has 0 aliphatic heterocycles. The van der Waals surface area contributed by atoms with Crippen molar-refractivity contribution in [1.82, 2.24) is 0 Å². The molecule has 2 aromatic rings. The zero-order valence-electron chi connectivity index (χ0n) is 6.99. The summed E-state index contributed by atoms with van der Waals surface area (Å²) >= 11 is 0. The maximum Gasteiger partial charge on any atom is 0.116 e. The monoisotopic (exact) mass is 168 g/mol. The van der Waals surface area contributed by atoms with Crippen molar-refractivity contribution in [2.75, 3.05) is 0 Å². The molecule has 0 unspecified atom stereocenters. The Morgan fingerprint density at radius 1 is 1.00 bits per heavy atom. The quantitative estimate of drug-likeness (QED) is 0.599. The van der Waals surface area contributed by atoms with Crippen LogP contribution < -0.4 is 0 Å². The second kappa shape index (κ2) is 2.84. The van der Waals surface area contributed by atoms with Gasteiger partial charge in [0.25, 0.3) is 0 Å². The number of terminal acetylenes is 1. The van der Waals surface area contributed by atoms with Gasteiger partial charge >= 0.3 is 0 Å². The van der Waals surface area contributed by atoms with Gasteiger partial charge in [0.05, 0.1) is 0 Å². The summed E-state index contributed by atoms with van der Waals surface area (Å²) < 4.78 is 0. The lowest BCUT2D eigenvalue weighted by molar-refractivity contribution is 0.476. The largest absolute Gasteiger partial charge is 0.508 e. The van der Waals surface area contributed by atoms with Gasteiger partial charge < -0.3 is 5.11 Å². The molecule has 0 amide bonds. The van der Waals surface area contributed by atoms with Crippen molar-refractivity contribution in [3.05, 3.63) is 42.0 Å². The standard InChI is InChI=1S/C12H8O/c1-2-9-3-4-11-8-12(13)6-5-10(11)7-9/h1,3-8,13H. The molecule has 0 saturated carbocycles. The van der Waals surface area contributed by atoms with Crippen LogP contribution in [-0.4, -0.2) is 5.11 Å². The summed E-state index contributed by atoms with van der Waals surface area (Å²) in [6, 6.07) is 10.9. The third-order valence-corrected chi connectivity index (χ3v) is 1.99. The van der Waals surface area contributed by atoms with E-state index in [-0.39, 0.29) is 5.75 Å². The number of hydrogen-bond acceptors (Lipinski definition) is 1. The number of hydrogen-bond donors (Lipinski definition) is 1. The summed E-state index contributed by atoms with van der Waals surface area (Å²) in [5, 5.41) is 11.3. The Bertz CT molecular complexity index is 492. The molecule has 13 heavy (non-hydrogen) atoms. The molecule has 0 spiro atoms. The first kappa shape index (κ1) is 7.70. The average molecular weight is 168 g/mol. The van der Waals surface area contributed by atoms with Gasteiger partial charge in [-0.15, -0.1) is 6.42 Å². The Kier molecular flexibility index (Phi) is 1.68. The summed E-state index contributed by atoms with van der Waals surface area (Å²) in [5.41, 5.74) is 0.859. The second-order valence-corrected chi connectivity index (χ2v) is 2.89. The molecular formula is C12H8O. The van der Waals surface area contributed by atoms with Crippen molar-refractivity contribution in [3.63, 3.8) is 0 Å². The summed E-state index contributed by atoms with van der Waals surface area (Å²) in [6.07, 6.45) is 5.27. The van der Waals surface area contributed by atoms with E-state index < -0.39 is 0 Å². The van der Waals surface area contributed by atoms with Gasteiger partial charge in [0, 0.05) is 5.56 Å². The molecule has 0 aliphatic carbocycles. The lowest BCUT2D eigenvalue weighted by atomic mass is 10.1. The topological polar surface area (TPSA) is 20.2 Å². The normalized spacial score (nSPS) is 9.77. The molecule has 0 saturated heterocycles. The maximum atomic E-state index is 9.22. The Morgan fingerprint density at radius 3 is 2.46 bits per heavy atom. The van der Waals surface area contributed by atoms with Crippen molar-refractivity contribution in [3.8, 4) is 18.1 Å². The Morgan fingerprint density at radius 2 is 1.69 bits per heavy atom. The van der Waals surface area contributed by atoms with E-state index in [0.717, 1.165) is 16.3 Å². The highest BCUT2D eigenvalue weighted by Crippen LogP contribution is 2.20. The van der Waals surface area contributed by atoms with Gasteiger partial charge in [0.1, 0.15) is 5.75 Å². The number of fused-ring (bicyclic) bond motifs is 1. The summed E-state index contributed by atoms with van der Waals surface area (Å²) in [5.74, 6) is 2.85. The minimum absolute atomic E-state index is 0.279. The van der Waals surface area contributed by atoms with Crippen LogP contribution in [-0.2, 0) is 0 Å². The van der Waals surface area contributed by atoms with Gasteiger partial charge in [0.15, 0.2) is 0 Å². The van der Waals surface area contributed by atoms with E-state index in [4.69, 9.17) is 6.42 Å². The number of phenols is 1. The first-order chi connectivity index (χ1) is 6.29. The molecule has 0 fully saturated rings. The smallest absolute Gasteiger partial charge is 0.116 e. The van der Waals surface area contributed by atoms with E-state index in [1.807, 2.05) is 24.3 Å². The number of aromatic hydroxyl groups is 1. The van der Waals surface area contributed by atoms with Gasteiger partial charge in [-0.1, -0.05) is 18.1 Å². The average Bonchev–Trinajstić information content (AvgIpc) is 2.17. The van der Waals surface area contributed by atoms with Gasteiger partial charge in [-0.3, -0.25) is 0 Å². The van der Waals surface area contributed by atoms with Crippen LogP contribution in [0, 0.1) is 12.3 Å². The van der Waals surface area contributed by atoms with Gasteiger partial charge in [-0.05, 0) is 35.0 Å². The SMILES string of the molecule is C#Cc1ccc2cc(O)ccc2c1. The Balaban J connectivity index is 2.75. The third kappa shape index (κ3) is 1.34. The minimum Gasteiger partial charge on any atom is -0.508 e. The van der Waals surface area contributed by atoms with Crippen LogP contribution in [0.3, 0.4) is 0 Å². The fourth-order valence-corrected chi connectivity index (χ4v) is 1.32. The first-order valence-electron chi connectivity index (χ1n) is 3.99. The van der Waals surface area contributed by atoms with Crippen molar-refractivity contribution in [2.24, 2.45) is 0 Å². The lowest BCUT2D eigenvalue weighted by Crippen LogP contribution is -1.75. The highest BCUT2D eigenvalue weighted by atomic mass is 16.3. The molecule has 1 nitrogen and oxygen atoms in total. The third-order valence-electron chi connectivity index (χ3n) is 1.99. The van der Waals surface area contributed by atoms with E-state index in [2.05, 4.69) is 5.92 Å². The van der Waals surface area contributed by atoms with Gasteiger partial charge in [0.2, 0.25) is 0 Å². The minimum atomic E-state index is 0.279. The van der Waals surface area contributed by atoms with E-state index in [1.54, 1.807) is 12.1 Å². The Labute approximate surface area is 76.6 Å². The van der Waals surface area contributed by atoms with Crippen LogP contribution in [0.15, 0.2) is 36.4 Å². The highest BCUT2D eigenvalue weighted by Gasteiger charge is 1.95. The Hall–Kier alpha value is -1.94. The van der Waals surface area contributed by atoms with Crippen molar-refractivity contribution < 1.29 is 5.11 Å². The van der Waals surface area contributed by atoms with Crippen LogP contribution in [0.1, 0.15) is 5.56 Å². The molecule has 0 heterocycles. The number of benzene rings is 2. The molecule has 1 heteroatoms. The van der Waals surface area contributed by atoms with E-state index in [0.29, 0.717) is 0 Å². The fourth-order valence-electron chi connectivity index (χ4n) is 1.32. The van der Waals surface area contributed by atoms with Crippen molar-refractivity contribution >= 4 is 10.8 Å². The van der Waals surface area contributed by atoms with Crippen molar-refractivity contribution in [2.45, 2.75) is 0 Å². The molecule has 0 bridgehead atoms. The molecule has 0 atom stereocenters. The molecular weight excluding hydrogens is 160 g/mol. The summed E-state index contributed by atoms with van der Waals surface area (Å²) in [7, 11) is 0. The first-order valence-corrected chi connectivity index (χ1v) is 3.99. The van der Waals surface area contributed by atoms with E-state index in [1.165, 1.54) is 0 Å². The van der Waals surface area contributed by atoms with Gasteiger partial charge in [-0.25, -0.2) is 0 Å². The summed E-state index contributed by atoms with van der Waals surface area (Å²) in [4.78, 5) is 0. The lowest BCUT2D eigenvalue weighted by Gasteiger charge is -1.98. The summed E-state index contributed by atoms with van der Waals surface area (Å²) in [6.45, 7) is 0. The molecule has 2 rings (SSSR count). The molecule has 2 aromatic carbocycles. The van der Waals surface area contributed by atoms with E-state index in [9.17, 15) is 5.11 Å². The van der Waals surface area contributed by atoms with Crippen LogP contribution in [0.4, 0.5) is 0 Å². The predicted molar refractivity (Wildman–Crippen MR) is 53.5 cm³/mol. The zero-order chi connectivity index (χ0) is 9.26. The highest BCUT2D eigenvalue weighted by molar-refractivity contribution is 5.85. The molecule has 0 aromatic heterocycles. The maximum absolute atomic E-state index is 9.22. The van der Waals surface area contributed by atoms with Gasteiger partial charge in [-0.2, -0.15) is 0 Å². The number of rotatable bonds is 0. The molecule has 1 N–H and O–H groups in total. The number of phenolic OH excluding ortho intramolecular Hbond substituents is 1. The fraction of sp³-hybridized carbons (Fsp3) is 0. The van der Waals surface area contributed by atoms with E-state index >= 15 is 0 Å². The van der Waals surface area contributed by atoms with Crippen molar-refractivity contribution in [1.29, 1.82) is 0 Å². The van der Waals surface area contributed by atoms with Crippen LogP contribution >= 0.6 is 0 Å². The van der Waals surface area contributed by atoms with Crippen LogP contribution in [0.2, 0.25) is 0 Å².